The molecule has 1 heterocycles. The van der Waals surface area contributed by atoms with Crippen molar-refractivity contribution in [2.45, 2.75) is 44.4 Å². The Balaban J connectivity index is 2.14. The zero-order valence-electron chi connectivity index (χ0n) is 9.20. The lowest BCUT2D eigenvalue weighted by Gasteiger charge is -2.09. The molecule has 0 unspecified atom stereocenters. The molecule has 0 aliphatic heterocycles. The van der Waals surface area contributed by atoms with E-state index < -0.39 is 5.97 Å². The first kappa shape index (κ1) is 11.0. The molecule has 1 aliphatic rings. The van der Waals surface area contributed by atoms with Gasteiger partial charge in [0.1, 0.15) is 5.82 Å². The lowest BCUT2D eigenvalue weighted by Crippen LogP contribution is -2.03. The molecule has 5 nitrogen and oxygen atoms in total. The molecule has 1 aromatic heterocycles. The number of nitrogens with zero attached hydrogens (tertiary/aromatic N) is 1. The van der Waals surface area contributed by atoms with Crippen LogP contribution in [0.25, 0.3) is 0 Å². The largest absolute Gasteiger partial charge is 0.481 e. The van der Waals surface area contributed by atoms with Crippen LogP contribution in [0, 0.1) is 0 Å². The van der Waals surface area contributed by atoms with Crippen LogP contribution in [0.4, 0.5) is 5.82 Å². The Morgan fingerprint density at radius 2 is 2.19 bits per heavy atom. The van der Waals surface area contributed by atoms with Crippen molar-refractivity contribution in [2.24, 2.45) is 0 Å². The van der Waals surface area contributed by atoms with E-state index in [0.29, 0.717) is 18.2 Å². The number of carbonyl (C=O) groups is 1. The van der Waals surface area contributed by atoms with Gasteiger partial charge in [0.2, 0.25) is 0 Å². The standard InChI is InChI=1S/C11H17N3O2/c12-11-8(5-6-9(15)16)10(13-14-11)7-3-1-2-4-7/h7H,1-6H2,(H,15,16)(H3,12,13,14). The van der Waals surface area contributed by atoms with E-state index in [0.717, 1.165) is 24.1 Å². The number of nitrogen functional groups attached to an aromatic ring is 1. The molecule has 0 spiro atoms. The summed E-state index contributed by atoms with van der Waals surface area (Å²) >= 11 is 0. The quantitative estimate of drug-likeness (QED) is 0.723. The highest BCUT2D eigenvalue weighted by Crippen LogP contribution is 2.36. The monoisotopic (exact) mass is 223 g/mol. The van der Waals surface area contributed by atoms with E-state index in [2.05, 4.69) is 10.2 Å². The second-order valence-corrected chi connectivity index (χ2v) is 4.38. The Kier molecular flexibility index (Phi) is 3.12. The van der Waals surface area contributed by atoms with E-state index in [1.165, 1.54) is 12.8 Å². The number of nitrogens with two attached hydrogens (primary N) is 1. The topological polar surface area (TPSA) is 92.0 Å². The third kappa shape index (κ3) is 2.18. The van der Waals surface area contributed by atoms with Gasteiger partial charge < -0.3 is 10.8 Å². The summed E-state index contributed by atoms with van der Waals surface area (Å²) in [6.45, 7) is 0. The maximum Gasteiger partial charge on any atom is 0.303 e. The number of hydrogen-bond acceptors (Lipinski definition) is 3. The van der Waals surface area contributed by atoms with Gasteiger partial charge in [-0.2, -0.15) is 5.10 Å². The number of aromatic amines is 1. The number of anilines is 1. The average Bonchev–Trinajstić information content (AvgIpc) is 2.83. The second-order valence-electron chi connectivity index (χ2n) is 4.38. The predicted octanol–water partition coefficient (Wildman–Crippen LogP) is 1.67. The number of aliphatic carboxylic acids is 1. The highest BCUT2D eigenvalue weighted by Gasteiger charge is 2.23. The van der Waals surface area contributed by atoms with E-state index in [9.17, 15) is 4.79 Å². The molecule has 88 valence electrons. The van der Waals surface area contributed by atoms with Crippen molar-refractivity contribution in [3.8, 4) is 0 Å². The molecule has 0 saturated heterocycles. The lowest BCUT2D eigenvalue weighted by atomic mass is 9.97. The summed E-state index contributed by atoms with van der Waals surface area (Å²) in [4.78, 5) is 10.6. The molecular formula is C11H17N3O2. The van der Waals surface area contributed by atoms with Crippen molar-refractivity contribution in [1.82, 2.24) is 10.2 Å². The van der Waals surface area contributed by atoms with Gasteiger partial charge in [0, 0.05) is 23.6 Å². The Morgan fingerprint density at radius 1 is 1.50 bits per heavy atom. The summed E-state index contributed by atoms with van der Waals surface area (Å²) in [6, 6.07) is 0. The van der Waals surface area contributed by atoms with E-state index >= 15 is 0 Å². The SMILES string of the molecule is Nc1n[nH]c(C2CCCC2)c1CCC(=O)O. The molecule has 1 fully saturated rings. The molecule has 5 heteroatoms. The van der Waals surface area contributed by atoms with Gasteiger partial charge in [-0.05, 0) is 19.3 Å². The fourth-order valence-corrected chi connectivity index (χ4v) is 2.44. The van der Waals surface area contributed by atoms with Crippen LogP contribution in [0.1, 0.15) is 49.3 Å². The maximum absolute atomic E-state index is 10.6. The molecule has 1 aromatic rings. The van der Waals surface area contributed by atoms with Gasteiger partial charge in [-0.15, -0.1) is 0 Å². The van der Waals surface area contributed by atoms with Crippen LogP contribution in [-0.4, -0.2) is 21.3 Å². The van der Waals surface area contributed by atoms with Crippen LogP contribution >= 0.6 is 0 Å². The molecule has 0 aromatic carbocycles. The van der Waals surface area contributed by atoms with Gasteiger partial charge in [0.25, 0.3) is 0 Å². The zero-order chi connectivity index (χ0) is 11.5. The van der Waals surface area contributed by atoms with Crippen LogP contribution in [0.2, 0.25) is 0 Å². The van der Waals surface area contributed by atoms with Crippen LogP contribution in [0.3, 0.4) is 0 Å². The van der Waals surface area contributed by atoms with Gasteiger partial charge >= 0.3 is 5.97 Å². The maximum atomic E-state index is 10.6. The fraction of sp³-hybridized carbons (Fsp3) is 0.636. The number of carboxylic acids is 1. The van der Waals surface area contributed by atoms with E-state index in [4.69, 9.17) is 10.8 Å². The van der Waals surface area contributed by atoms with Crippen LogP contribution in [-0.2, 0) is 11.2 Å². The summed E-state index contributed by atoms with van der Waals surface area (Å²) in [5.41, 5.74) is 7.74. The minimum absolute atomic E-state index is 0.115. The number of H-pyrrole nitrogens is 1. The minimum atomic E-state index is -0.794. The molecule has 1 aliphatic carbocycles. The molecule has 0 bridgehead atoms. The number of carboxylic acid groups (broad SMARTS) is 1. The summed E-state index contributed by atoms with van der Waals surface area (Å²) in [7, 11) is 0. The minimum Gasteiger partial charge on any atom is -0.481 e. The first-order valence-corrected chi connectivity index (χ1v) is 5.73. The Morgan fingerprint density at radius 3 is 2.81 bits per heavy atom. The van der Waals surface area contributed by atoms with Crippen molar-refractivity contribution in [3.05, 3.63) is 11.3 Å². The molecule has 4 N–H and O–H groups in total. The molecule has 0 amide bonds. The third-order valence-corrected chi connectivity index (χ3v) is 3.28. The van der Waals surface area contributed by atoms with Gasteiger partial charge in [-0.3, -0.25) is 9.89 Å². The molecule has 2 rings (SSSR count). The Bertz CT molecular complexity index is 381. The smallest absolute Gasteiger partial charge is 0.303 e. The highest BCUT2D eigenvalue weighted by atomic mass is 16.4. The first-order valence-electron chi connectivity index (χ1n) is 5.73. The molecule has 0 radical (unpaired) electrons. The van der Waals surface area contributed by atoms with E-state index in [-0.39, 0.29) is 6.42 Å². The number of hydrogen-bond donors (Lipinski definition) is 3. The number of aromatic nitrogens is 2. The fourth-order valence-electron chi connectivity index (χ4n) is 2.44. The summed E-state index contributed by atoms with van der Waals surface area (Å²) < 4.78 is 0. The van der Waals surface area contributed by atoms with E-state index in [1.807, 2.05) is 0 Å². The van der Waals surface area contributed by atoms with E-state index in [1.54, 1.807) is 0 Å². The Labute approximate surface area is 94.0 Å². The van der Waals surface area contributed by atoms with Crippen molar-refractivity contribution in [1.29, 1.82) is 0 Å². The summed E-state index contributed by atoms with van der Waals surface area (Å²) in [6.07, 6.45) is 5.38. The normalized spacial score (nSPS) is 16.8. The number of rotatable bonds is 4. The van der Waals surface area contributed by atoms with Crippen LogP contribution in [0.15, 0.2) is 0 Å². The molecular weight excluding hydrogens is 206 g/mol. The van der Waals surface area contributed by atoms with Gasteiger partial charge in [0.05, 0.1) is 0 Å². The highest BCUT2D eigenvalue weighted by molar-refractivity contribution is 5.67. The van der Waals surface area contributed by atoms with Crippen molar-refractivity contribution in [3.63, 3.8) is 0 Å². The average molecular weight is 223 g/mol. The first-order chi connectivity index (χ1) is 7.68. The van der Waals surface area contributed by atoms with Gasteiger partial charge in [-0.1, -0.05) is 12.8 Å². The van der Waals surface area contributed by atoms with Crippen molar-refractivity contribution in [2.75, 3.05) is 5.73 Å². The lowest BCUT2D eigenvalue weighted by molar-refractivity contribution is -0.136. The summed E-state index contributed by atoms with van der Waals surface area (Å²) in [5.74, 6) is 0.162. The van der Waals surface area contributed by atoms with Crippen LogP contribution in [0.5, 0.6) is 0 Å². The molecule has 16 heavy (non-hydrogen) atoms. The third-order valence-electron chi connectivity index (χ3n) is 3.28. The van der Waals surface area contributed by atoms with Gasteiger partial charge in [-0.25, -0.2) is 0 Å². The zero-order valence-corrected chi connectivity index (χ0v) is 9.20. The molecule has 0 atom stereocenters. The van der Waals surface area contributed by atoms with Crippen molar-refractivity contribution < 1.29 is 9.90 Å². The van der Waals surface area contributed by atoms with Crippen molar-refractivity contribution >= 4 is 11.8 Å². The molecule has 1 saturated carbocycles. The second kappa shape index (κ2) is 4.55. The Hall–Kier alpha value is -1.52. The van der Waals surface area contributed by atoms with Gasteiger partial charge in [0.15, 0.2) is 0 Å². The predicted molar refractivity (Wildman–Crippen MR) is 60.2 cm³/mol. The number of nitrogens with one attached hydrogen (secondary N) is 1. The van der Waals surface area contributed by atoms with Crippen LogP contribution < -0.4 is 5.73 Å². The summed E-state index contributed by atoms with van der Waals surface area (Å²) in [5, 5.41) is 15.7.